The first kappa shape index (κ1) is 10.7. The van der Waals surface area contributed by atoms with Crippen molar-refractivity contribution in [3.8, 4) is 0 Å². The summed E-state index contributed by atoms with van der Waals surface area (Å²) >= 11 is 5.73. The molecule has 0 N–H and O–H groups in total. The normalized spacial score (nSPS) is 17.8. The number of anilines is 1. The molecule has 0 aromatic carbocycles. The second-order valence-corrected chi connectivity index (χ2v) is 4.71. The van der Waals surface area contributed by atoms with Crippen LogP contribution in [0.25, 0.3) is 0 Å². The van der Waals surface area contributed by atoms with Gasteiger partial charge in [-0.2, -0.15) is 4.98 Å². The lowest BCUT2D eigenvalue weighted by Gasteiger charge is -2.33. The van der Waals surface area contributed by atoms with Crippen LogP contribution in [0.15, 0.2) is 6.20 Å². The van der Waals surface area contributed by atoms with E-state index in [9.17, 15) is 14.9 Å². The highest BCUT2D eigenvalue weighted by Crippen LogP contribution is 2.30. The number of hydrogen-bond donors (Lipinski definition) is 0. The topological polar surface area (TPSA) is 98.5 Å². The number of nitro groups is 1. The molecule has 0 aliphatic heterocycles. The molecule has 0 spiro atoms. The van der Waals surface area contributed by atoms with Gasteiger partial charge < -0.3 is 9.64 Å². The van der Waals surface area contributed by atoms with Crippen molar-refractivity contribution < 1.29 is 22.7 Å². The van der Waals surface area contributed by atoms with Gasteiger partial charge in [0.05, 0.1) is 15.6 Å². The summed E-state index contributed by atoms with van der Waals surface area (Å²) in [4.78, 5) is 31.3. The van der Waals surface area contributed by atoms with E-state index in [2.05, 4.69) is 14.7 Å². The van der Waals surface area contributed by atoms with Gasteiger partial charge in [0.1, 0.15) is 12.2 Å². The molecule has 1 rings (SSSR count). The average molecular weight is 337 g/mol. The third-order valence-electron chi connectivity index (χ3n) is 2.75. The van der Waals surface area contributed by atoms with Crippen molar-refractivity contribution in [3.63, 3.8) is 0 Å². The van der Waals surface area contributed by atoms with Gasteiger partial charge in [-0.3, -0.25) is 10.1 Å². The summed E-state index contributed by atoms with van der Waals surface area (Å²) < 4.78 is 49.2. The first-order valence-electron chi connectivity index (χ1n) is 9.22. The van der Waals surface area contributed by atoms with Gasteiger partial charge in [0.15, 0.2) is 0 Å². The number of carbonyl (C=O) groups is 1. The Labute approximate surface area is 142 Å². The fourth-order valence-corrected chi connectivity index (χ4v) is 2.02. The zero-order chi connectivity index (χ0) is 22.1. The Morgan fingerprint density at radius 3 is 2.91 bits per heavy atom. The smallest absolute Gasteiger partial charge is 0.329 e. The maximum Gasteiger partial charge on any atom is 0.329 e. The van der Waals surface area contributed by atoms with E-state index in [1.807, 2.05) is 0 Å². The van der Waals surface area contributed by atoms with Crippen molar-refractivity contribution in [2.45, 2.75) is 46.1 Å². The number of rotatable bonds is 7. The predicted octanol–water partition coefficient (Wildman–Crippen LogP) is 2.59. The number of carbonyl (C=O) groups excluding carboxylic acids is 1. The number of esters is 1. The second-order valence-electron chi connectivity index (χ2n) is 4.37. The Kier molecular flexibility index (Phi) is 3.84. The lowest BCUT2D eigenvalue weighted by Crippen LogP contribution is -2.46. The number of nitrogens with zero attached hydrogens (tertiary/aromatic N) is 4. The summed E-state index contributed by atoms with van der Waals surface area (Å²) in [5.41, 5.74) is -0.644. The van der Waals surface area contributed by atoms with Gasteiger partial charge >= 0.3 is 11.7 Å². The quantitative estimate of drug-likeness (QED) is 0.326. The molecule has 1 atom stereocenters. The fourth-order valence-electron chi connectivity index (χ4n) is 1.90. The van der Waals surface area contributed by atoms with Gasteiger partial charge in [-0.25, -0.2) is 9.78 Å². The van der Waals surface area contributed by atoms with E-state index >= 15 is 0 Å². The molecule has 9 heteroatoms. The van der Waals surface area contributed by atoms with E-state index in [4.69, 9.17) is 19.8 Å². The monoisotopic (exact) mass is 336 g/mol. The van der Waals surface area contributed by atoms with Crippen molar-refractivity contribution in [2.24, 2.45) is 0 Å². The van der Waals surface area contributed by atoms with Crippen LogP contribution in [0.3, 0.4) is 0 Å². The van der Waals surface area contributed by atoms with Crippen molar-refractivity contribution in [1.29, 1.82) is 0 Å². The van der Waals surface area contributed by atoms with Crippen LogP contribution in [0.5, 0.6) is 0 Å². The fraction of sp³-hybridized carbons (Fsp3) is 0.615. The summed E-state index contributed by atoms with van der Waals surface area (Å²) in [6.07, 6.45) is 0.708. The first-order valence-corrected chi connectivity index (χ1v) is 6.60. The third-order valence-corrected chi connectivity index (χ3v) is 2.93. The number of aromatic nitrogens is 2. The highest BCUT2D eigenvalue weighted by Gasteiger charge is 2.34. The summed E-state index contributed by atoms with van der Waals surface area (Å²) in [6, 6.07) is -3.15. The number of hydrogen-bond acceptors (Lipinski definition) is 7. The van der Waals surface area contributed by atoms with Gasteiger partial charge in [-0.15, -0.1) is 0 Å². The highest BCUT2D eigenvalue weighted by molar-refractivity contribution is 6.28. The van der Waals surface area contributed by atoms with Crippen LogP contribution >= 0.6 is 11.6 Å². The zero-order valence-electron chi connectivity index (χ0n) is 18.2. The first-order chi connectivity index (χ1) is 12.5. The molecule has 1 aromatic heterocycles. The Bertz CT molecular complexity index is 756. The minimum Gasteiger partial charge on any atom is -0.464 e. The minimum absolute atomic E-state index is 0.100. The molecular formula is C13H19ClN4O4. The maximum absolute atomic E-state index is 12.6. The predicted molar refractivity (Wildman–Crippen MR) is 82.0 cm³/mol. The second kappa shape index (κ2) is 7.88. The summed E-state index contributed by atoms with van der Waals surface area (Å²) in [7, 11) is 0. The molecule has 8 nitrogen and oxygen atoms in total. The minimum atomic E-state index is -3.30. The molecule has 1 unspecified atom stereocenters. The van der Waals surface area contributed by atoms with Crippen molar-refractivity contribution >= 4 is 29.1 Å². The molecular weight excluding hydrogens is 312 g/mol. The van der Waals surface area contributed by atoms with E-state index in [-0.39, 0.29) is 11.7 Å². The van der Waals surface area contributed by atoms with Crippen molar-refractivity contribution in [3.05, 3.63) is 21.6 Å². The molecule has 1 aromatic rings. The molecule has 0 amide bonds. The van der Waals surface area contributed by atoms with Crippen LogP contribution in [0.2, 0.25) is 5.28 Å². The SMILES string of the molecule is [2H]C(C)(C)N(c1nc(Cl)ncc1[N+](=O)[O-])C(CC)C(=O)OC([2H])([2H])C([2H])([2H])[2H]. The Hall–Kier alpha value is -1.96. The largest absolute Gasteiger partial charge is 0.464 e. The van der Waals surface area contributed by atoms with Crippen LogP contribution < -0.4 is 4.90 Å². The van der Waals surface area contributed by atoms with Gasteiger partial charge in [0.25, 0.3) is 0 Å². The molecule has 0 aliphatic rings. The van der Waals surface area contributed by atoms with E-state index in [1.165, 1.54) is 20.8 Å². The molecule has 0 bridgehead atoms. The maximum atomic E-state index is 12.6. The van der Waals surface area contributed by atoms with Crippen LogP contribution in [0.1, 0.15) is 42.3 Å². The van der Waals surface area contributed by atoms with E-state index < -0.39 is 47.9 Å². The van der Waals surface area contributed by atoms with Crippen molar-refractivity contribution in [1.82, 2.24) is 9.97 Å². The van der Waals surface area contributed by atoms with Crippen LogP contribution in [-0.2, 0) is 9.53 Å². The molecule has 22 heavy (non-hydrogen) atoms. The van der Waals surface area contributed by atoms with Crippen LogP contribution in [0, 0.1) is 10.1 Å². The molecule has 122 valence electrons. The molecule has 1 heterocycles. The number of ether oxygens (including phenoxy) is 1. The Balaban J connectivity index is 3.51. The van der Waals surface area contributed by atoms with Gasteiger partial charge in [-0.1, -0.05) is 6.92 Å². The average Bonchev–Trinajstić information content (AvgIpc) is 2.48. The van der Waals surface area contributed by atoms with E-state index in [0.29, 0.717) is 0 Å². The third kappa shape index (κ3) is 4.03. The standard InChI is InChI=1S/C13H19ClN4O4/c1-5-9(12(19)22-6-2)17(8(3)4)11-10(18(20)21)7-15-13(14)16-11/h7-9H,5-6H2,1-4H3/i2D3,6D2,8D. The van der Waals surface area contributed by atoms with Gasteiger partial charge in [-0.05, 0) is 38.7 Å². The highest BCUT2D eigenvalue weighted by atomic mass is 35.5. The molecule has 0 aliphatic carbocycles. The lowest BCUT2D eigenvalue weighted by atomic mass is 10.1. The van der Waals surface area contributed by atoms with E-state index in [0.717, 1.165) is 11.1 Å². The van der Waals surface area contributed by atoms with Crippen molar-refractivity contribution in [2.75, 3.05) is 11.5 Å². The number of halogens is 1. The molecule has 0 saturated carbocycles. The van der Waals surface area contributed by atoms with Crippen LogP contribution in [0.4, 0.5) is 11.5 Å². The van der Waals surface area contributed by atoms with Crippen LogP contribution in [-0.4, -0.2) is 39.5 Å². The Morgan fingerprint density at radius 1 is 1.73 bits per heavy atom. The van der Waals surface area contributed by atoms with E-state index in [1.54, 1.807) is 0 Å². The molecule has 0 radical (unpaired) electrons. The summed E-state index contributed by atoms with van der Waals surface area (Å²) in [5, 5.41) is 11.0. The molecule has 0 fully saturated rings. The summed E-state index contributed by atoms with van der Waals surface area (Å²) in [5.74, 6) is -1.78. The Morgan fingerprint density at radius 2 is 2.41 bits per heavy atom. The zero-order valence-corrected chi connectivity index (χ0v) is 12.9. The van der Waals surface area contributed by atoms with Gasteiger partial charge in [0.2, 0.25) is 11.1 Å². The molecule has 0 saturated heterocycles. The summed E-state index contributed by atoms with van der Waals surface area (Å²) in [6.45, 7) is -2.47. The van der Waals surface area contributed by atoms with Gasteiger partial charge in [0, 0.05) is 10.1 Å². The lowest BCUT2D eigenvalue weighted by molar-refractivity contribution is -0.384.